The maximum absolute atomic E-state index is 5.52. The van der Waals surface area contributed by atoms with E-state index in [4.69, 9.17) is 4.74 Å². The van der Waals surface area contributed by atoms with Crippen LogP contribution >= 0.6 is 11.8 Å². The molecule has 0 radical (unpaired) electrons. The lowest BCUT2D eigenvalue weighted by Crippen LogP contribution is -1.89. The molecule has 1 nitrogen and oxygen atoms in total. The summed E-state index contributed by atoms with van der Waals surface area (Å²) in [6, 6.07) is 11.3. The van der Waals surface area contributed by atoms with Gasteiger partial charge in [0.1, 0.15) is 5.75 Å². The van der Waals surface area contributed by atoms with E-state index in [9.17, 15) is 0 Å². The van der Waals surface area contributed by atoms with Gasteiger partial charge in [-0.15, -0.1) is 11.8 Å². The van der Waals surface area contributed by atoms with Crippen molar-refractivity contribution in [1.29, 1.82) is 0 Å². The smallest absolute Gasteiger partial charge is 0.133 e. The minimum atomic E-state index is 0.985. The van der Waals surface area contributed by atoms with E-state index in [-0.39, 0.29) is 0 Å². The minimum absolute atomic E-state index is 0.985. The highest BCUT2D eigenvalue weighted by molar-refractivity contribution is 7.98. The molecule has 0 saturated carbocycles. The van der Waals surface area contributed by atoms with Crippen LogP contribution in [-0.4, -0.2) is 13.4 Å². The molecule has 2 heteroatoms. The molecule has 0 amide bonds. The quantitative estimate of drug-likeness (QED) is 0.313. The Morgan fingerprint density at radius 1 is 0.833 bits per heavy atom. The van der Waals surface area contributed by atoms with Crippen molar-refractivity contribution in [2.75, 3.05) is 13.4 Å². The molecule has 0 N–H and O–H groups in total. The molecule has 0 fully saturated rings. The first-order valence-electron chi connectivity index (χ1n) is 9.43. The van der Waals surface area contributed by atoms with E-state index in [0.29, 0.717) is 0 Å². The number of hydrogen-bond donors (Lipinski definition) is 0. The first-order valence-corrected chi connectivity index (χ1v) is 10.7. The molecule has 0 heterocycles. The third-order valence-corrected chi connectivity index (χ3v) is 5.48. The second-order valence-corrected chi connectivity index (χ2v) is 7.46. The van der Waals surface area contributed by atoms with Crippen molar-refractivity contribution in [2.24, 2.45) is 0 Å². The lowest BCUT2D eigenvalue weighted by molar-refractivity contribution is 0.405. The van der Waals surface area contributed by atoms with Crippen molar-refractivity contribution in [3.63, 3.8) is 0 Å². The third kappa shape index (κ3) is 5.73. The topological polar surface area (TPSA) is 9.23 Å². The minimum Gasteiger partial charge on any atom is -0.496 e. The predicted octanol–water partition coefficient (Wildman–Crippen LogP) is 7.25. The van der Waals surface area contributed by atoms with Crippen LogP contribution in [0.3, 0.4) is 0 Å². The van der Waals surface area contributed by atoms with Gasteiger partial charge in [-0.05, 0) is 47.6 Å². The van der Waals surface area contributed by atoms with Gasteiger partial charge in [0.25, 0.3) is 0 Å². The average Bonchev–Trinajstić information content (AvgIpc) is 2.62. The number of hydrogen-bond acceptors (Lipinski definition) is 2. The Bertz CT molecular complexity index is 621. The molecule has 0 aliphatic carbocycles. The monoisotopic (exact) mass is 344 g/mol. The maximum Gasteiger partial charge on any atom is 0.133 e. The van der Waals surface area contributed by atoms with Gasteiger partial charge in [-0.1, -0.05) is 70.1 Å². The molecule has 132 valence electrons. The van der Waals surface area contributed by atoms with Gasteiger partial charge >= 0.3 is 0 Å². The average molecular weight is 345 g/mol. The summed E-state index contributed by atoms with van der Waals surface area (Å²) in [6.45, 7) is 2.28. The number of ether oxygens (including phenoxy) is 1. The fourth-order valence-electron chi connectivity index (χ4n) is 3.24. The van der Waals surface area contributed by atoms with Crippen molar-refractivity contribution in [1.82, 2.24) is 0 Å². The van der Waals surface area contributed by atoms with Crippen molar-refractivity contribution >= 4 is 22.5 Å². The SMILES string of the molecule is CCCCCCCCCCc1ccc2cc(SC)c(OC)cc2c1. The predicted molar refractivity (Wildman–Crippen MR) is 109 cm³/mol. The summed E-state index contributed by atoms with van der Waals surface area (Å²) in [7, 11) is 1.76. The van der Waals surface area contributed by atoms with Crippen molar-refractivity contribution in [3.8, 4) is 5.75 Å². The van der Waals surface area contributed by atoms with Gasteiger partial charge < -0.3 is 4.74 Å². The van der Waals surface area contributed by atoms with Crippen molar-refractivity contribution in [3.05, 3.63) is 35.9 Å². The largest absolute Gasteiger partial charge is 0.496 e. The van der Waals surface area contributed by atoms with E-state index in [1.54, 1.807) is 18.9 Å². The molecule has 0 bridgehead atoms. The Kier molecular flexibility index (Phi) is 8.52. The number of methoxy groups -OCH3 is 1. The van der Waals surface area contributed by atoms with E-state index in [1.807, 2.05) is 0 Å². The molecular formula is C22H32OS. The van der Waals surface area contributed by atoms with Gasteiger partial charge in [-0.25, -0.2) is 0 Å². The number of unbranched alkanes of at least 4 members (excludes halogenated alkanes) is 7. The van der Waals surface area contributed by atoms with Gasteiger partial charge in [-0.2, -0.15) is 0 Å². The molecule has 0 spiro atoms. The first kappa shape index (κ1) is 19.2. The van der Waals surface area contributed by atoms with Crippen LogP contribution in [-0.2, 0) is 6.42 Å². The molecule has 0 unspecified atom stereocenters. The molecule has 2 rings (SSSR count). The molecule has 2 aromatic carbocycles. The van der Waals surface area contributed by atoms with Crippen LogP contribution < -0.4 is 4.74 Å². The standard InChI is InChI=1S/C22H32OS/c1-4-5-6-7-8-9-10-11-12-18-13-14-19-17-22(24-3)21(23-2)16-20(19)15-18/h13-17H,4-12H2,1-3H3. The summed E-state index contributed by atoms with van der Waals surface area (Å²) >= 11 is 1.74. The highest BCUT2D eigenvalue weighted by atomic mass is 32.2. The number of rotatable bonds is 11. The summed E-state index contributed by atoms with van der Waals surface area (Å²) < 4.78 is 5.52. The van der Waals surface area contributed by atoms with Crippen molar-refractivity contribution < 1.29 is 4.74 Å². The van der Waals surface area contributed by atoms with E-state index in [1.165, 1.54) is 79.0 Å². The number of benzene rings is 2. The Labute approximate surface area is 152 Å². The fraction of sp³-hybridized carbons (Fsp3) is 0.545. The third-order valence-electron chi connectivity index (χ3n) is 4.73. The van der Waals surface area contributed by atoms with Crippen LogP contribution in [0.5, 0.6) is 5.75 Å². The van der Waals surface area contributed by atoms with Gasteiger partial charge in [0, 0.05) is 4.90 Å². The Hall–Kier alpha value is -1.15. The molecule has 0 saturated heterocycles. The summed E-state index contributed by atoms with van der Waals surface area (Å²) in [6.07, 6.45) is 14.3. The zero-order valence-corrected chi connectivity index (χ0v) is 16.4. The number of fused-ring (bicyclic) bond motifs is 1. The molecular weight excluding hydrogens is 312 g/mol. The lowest BCUT2D eigenvalue weighted by atomic mass is 10.0. The number of thioether (sulfide) groups is 1. The van der Waals surface area contributed by atoms with E-state index < -0.39 is 0 Å². The lowest BCUT2D eigenvalue weighted by Gasteiger charge is -2.10. The zero-order chi connectivity index (χ0) is 17.2. The van der Waals surface area contributed by atoms with E-state index in [0.717, 1.165) is 5.75 Å². The highest BCUT2D eigenvalue weighted by Crippen LogP contribution is 2.32. The summed E-state index contributed by atoms with van der Waals surface area (Å²) in [5.74, 6) is 0.985. The molecule has 2 aromatic rings. The molecule has 24 heavy (non-hydrogen) atoms. The summed E-state index contributed by atoms with van der Waals surface area (Å²) in [5, 5.41) is 2.60. The van der Waals surface area contributed by atoms with E-state index in [2.05, 4.69) is 43.5 Å². The second-order valence-electron chi connectivity index (χ2n) is 6.61. The van der Waals surface area contributed by atoms with Gasteiger partial charge in [0.2, 0.25) is 0 Å². The number of aryl methyl sites for hydroxylation is 1. The molecule has 0 aliphatic heterocycles. The van der Waals surface area contributed by atoms with Crippen LogP contribution in [0.4, 0.5) is 0 Å². The highest BCUT2D eigenvalue weighted by Gasteiger charge is 2.05. The summed E-state index contributed by atoms with van der Waals surface area (Å²) in [5.41, 5.74) is 1.45. The van der Waals surface area contributed by atoms with Crippen LogP contribution in [0.1, 0.15) is 63.9 Å². The molecule has 0 atom stereocenters. The Morgan fingerprint density at radius 3 is 2.21 bits per heavy atom. The van der Waals surface area contributed by atoms with Crippen LogP contribution in [0, 0.1) is 0 Å². The van der Waals surface area contributed by atoms with Gasteiger partial charge in [-0.3, -0.25) is 0 Å². The van der Waals surface area contributed by atoms with Gasteiger partial charge in [0.05, 0.1) is 7.11 Å². The first-order chi connectivity index (χ1) is 11.8. The van der Waals surface area contributed by atoms with Crippen LogP contribution in [0.15, 0.2) is 35.2 Å². The molecule has 0 aliphatic rings. The van der Waals surface area contributed by atoms with Crippen molar-refractivity contribution in [2.45, 2.75) is 69.6 Å². The van der Waals surface area contributed by atoms with Crippen LogP contribution in [0.2, 0.25) is 0 Å². The van der Waals surface area contributed by atoms with Gasteiger partial charge in [0.15, 0.2) is 0 Å². The maximum atomic E-state index is 5.52. The van der Waals surface area contributed by atoms with E-state index >= 15 is 0 Å². The normalized spacial score (nSPS) is 11.1. The summed E-state index contributed by atoms with van der Waals surface area (Å²) in [4.78, 5) is 1.21. The Balaban J connectivity index is 1.84. The van der Waals surface area contributed by atoms with Crippen LogP contribution in [0.25, 0.3) is 10.8 Å². The molecule has 0 aromatic heterocycles. The Morgan fingerprint density at radius 2 is 1.54 bits per heavy atom. The zero-order valence-electron chi connectivity index (χ0n) is 15.6. The fourth-order valence-corrected chi connectivity index (χ4v) is 3.83. The second kappa shape index (κ2) is 10.7.